The first-order valence-electron chi connectivity index (χ1n) is 10.3. The second-order valence-electron chi connectivity index (χ2n) is 7.75. The molecule has 32 heavy (non-hydrogen) atoms. The largest absolute Gasteiger partial charge is 0.454 e. The predicted molar refractivity (Wildman–Crippen MR) is 119 cm³/mol. The number of sulfone groups is 1. The maximum absolute atomic E-state index is 12.8. The number of nitrogens with one attached hydrogen (secondary N) is 1. The zero-order valence-electron chi connectivity index (χ0n) is 17.8. The van der Waals surface area contributed by atoms with Gasteiger partial charge in [-0.3, -0.25) is 9.59 Å². The standard InChI is InChI=1S/C23H26N2O6S/c1-25(19-12-13-32(29,30)16-19)21(26)15-31-23(28)20(14-17-8-4-2-5-9-17)24-22(27)18-10-6-3-7-11-18/h2-11,19-20H,12-16H2,1H3,(H,24,27). The van der Waals surface area contributed by atoms with Crippen LogP contribution in [-0.2, 0) is 30.6 Å². The number of rotatable bonds is 8. The minimum Gasteiger partial charge on any atom is -0.454 e. The minimum absolute atomic E-state index is 0.0414. The lowest BCUT2D eigenvalue weighted by Crippen LogP contribution is -2.45. The van der Waals surface area contributed by atoms with E-state index >= 15 is 0 Å². The van der Waals surface area contributed by atoms with E-state index in [9.17, 15) is 22.8 Å². The van der Waals surface area contributed by atoms with Crippen molar-refractivity contribution in [3.05, 3.63) is 71.8 Å². The number of esters is 1. The fourth-order valence-corrected chi connectivity index (χ4v) is 5.27. The van der Waals surface area contributed by atoms with Crippen molar-refractivity contribution in [1.82, 2.24) is 10.2 Å². The zero-order chi connectivity index (χ0) is 23.1. The highest BCUT2D eigenvalue weighted by molar-refractivity contribution is 7.91. The molecule has 1 aliphatic rings. The van der Waals surface area contributed by atoms with Crippen LogP contribution in [0.2, 0.25) is 0 Å². The SMILES string of the molecule is CN(C(=O)COC(=O)C(Cc1ccccc1)NC(=O)c1ccccc1)C1CCS(=O)(=O)C1. The molecule has 2 aromatic rings. The number of amides is 2. The van der Waals surface area contributed by atoms with Crippen LogP contribution in [0.5, 0.6) is 0 Å². The van der Waals surface area contributed by atoms with Crippen LogP contribution < -0.4 is 5.32 Å². The van der Waals surface area contributed by atoms with Crippen LogP contribution in [0, 0.1) is 0 Å². The minimum atomic E-state index is -3.14. The molecule has 0 aromatic heterocycles. The van der Waals surface area contributed by atoms with Crippen molar-refractivity contribution in [2.24, 2.45) is 0 Å². The number of nitrogens with zero attached hydrogens (tertiary/aromatic N) is 1. The molecule has 170 valence electrons. The molecule has 2 aromatic carbocycles. The summed E-state index contributed by atoms with van der Waals surface area (Å²) < 4.78 is 28.5. The highest BCUT2D eigenvalue weighted by Gasteiger charge is 2.33. The van der Waals surface area contributed by atoms with Crippen molar-refractivity contribution in [2.45, 2.75) is 24.9 Å². The van der Waals surface area contributed by atoms with E-state index in [0.29, 0.717) is 12.0 Å². The highest BCUT2D eigenvalue weighted by Crippen LogP contribution is 2.16. The van der Waals surface area contributed by atoms with Gasteiger partial charge in [0.15, 0.2) is 16.4 Å². The van der Waals surface area contributed by atoms with E-state index in [0.717, 1.165) is 5.56 Å². The van der Waals surface area contributed by atoms with Gasteiger partial charge in [0.25, 0.3) is 11.8 Å². The normalized spacial score (nSPS) is 17.8. The topological polar surface area (TPSA) is 110 Å². The second-order valence-corrected chi connectivity index (χ2v) is 9.98. The fourth-order valence-electron chi connectivity index (χ4n) is 3.49. The Bertz CT molecular complexity index is 1060. The van der Waals surface area contributed by atoms with Crippen molar-refractivity contribution in [1.29, 1.82) is 0 Å². The fraction of sp³-hybridized carbons (Fsp3) is 0.348. The van der Waals surface area contributed by atoms with E-state index in [2.05, 4.69) is 5.32 Å². The average Bonchev–Trinajstić information content (AvgIpc) is 3.17. The first-order valence-corrected chi connectivity index (χ1v) is 12.1. The van der Waals surface area contributed by atoms with Crippen LogP contribution >= 0.6 is 0 Å². The molecule has 2 amide bonds. The van der Waals surface area contributed by atoms with Crippen LogP contribution in [-0.4, -0.2) is 68.3 Å². The molecule has 2 atom stereocenters. The molecular formula is C23H26N2O6S. The summed E-state index contributed by atoms with van der Waals surface area (Å²) in [7, 11) is -1.64. The summed E-state index contributed by atoms with van der Waals surface area (Å²) in [6.45, 7) is -0.529. The lowest BCUT2D eigenvalue weighted by molar-refractivity contribution is -0.153. The van der Waals surface area contributed by atoms with Gasteiger partial charge in [0.1, 0.15) is 6.04 Å². The molecule has 0 bridgehead atoms. The summed E-state index contributed by atoms with van der Waals surface area (Å²) in [6.07, 6.45) is 0.561. The Morgan fingerprint density at radius 1 is 1.06 bits per heavy atom. The van der Waals surface area contributed by atoms with Gasteiger partial charge in [-0.25, -0.2) is 13.2 Å². The summed E-state index contributed by atoms with van der Waals surface area (Å²) in [5, 5.41) is 2.68. The van der Waals surface area contributed by atoms with E-state index in [1.807, 2.05) is 30.3 Å². The van der Waals surface area contributed by atoms with Crippen LogP contribution in [0.25, 0.3) is 0 Å². The molecule has 0 spiro atoms. The zero-order valence-corrected chi connectivity index (χ0v) is 18.6. The summed E-state index contributed by atoms with van der Waals surface area (Å²) in [5.41, 5.74) is 1.22. The Balaban J connectivity index is 1.63. The molecule has 8 nitrogen and oxygen atoms in total. The van der Waals surface area contributed by atoms with Crippen molar-refractivity contribution >= 4 is 27.6 Å². The number of benzene rings is 2. The lowest BCUT2D eigenvalue weighted by Gasteiger charge is -2.24. The summed E-state index contributed by atoms with van der Waals surface area (Å²) in [6, 6.07) is 16.2. The highest BCUT2D eigenvalue weighted by atomic mass is 32.2. The van der Waals surface area contributed by atoms with Crippen LogP contribution in [0.1, 0.15) is 22.3 Å². The molecule has 1 N–H and O–H groups in total. The molecule has 0 saturated carbocycles. The molecule has 1 saturated heterocycles. The molecule has 1 aliphatic heterocycles. The second kappa shape index (κ2) is 10.4. The molecule has 1 fully saturated rings. The third-order valence-electron chi connectivity index (χ3n) is 5.40. The first kappa shape index (κ1) is 23.5. The van der Waals surface area contributed by atoms with E-state index in [-0.39, 0.29) is 17.9 Å². The third kappa shape index (κ3) is 6.40. The monoisotopic (exact) mass is 458 g/mol. The number of hydrogen-bond donors (Lipinski definition) is 1. The smallest absolute Gasteiger partial charge is 0.329 e. The van der Waals surface area contributed by atoms with E-state index in [1.54, 1.807) is 30.3 Å². The molecule has 2 unspecified atom stereocenters. The van der Waals surface area contributed by atoms with Gasteiger partial charge in [-0.1, -0.05) is 48.5 Å². The van der Waals surface area contributed by atoms with Gasteiger partial charge < -0.3 is 15.0 Å². The molecule has 1 heterocycles. The third-order valence-corrected chi connectivity index (χ3v) is 7.15. The first-order chi connectivity index (χ1) is 15.2. The van der Waals surface area contributed by atoms with Gasteiger partial charge in [-0.15, -0.1) is 0 Å². The van der Waals surface area contributed by atoms with E-state index < -0.39 is 46.3 Å². The van der Waals surface area contributed by atoms with Gasteiger partial charge in [-0.05, 0) is 24.1 Å². The van der Waals surface area contributed by atoms with Gasteiger partial charge >= 0.3 is 5.97 Å². The molecule has 0 aliphatic carbocycles. The van der Waals surface area contributed by atoms with E-state index in [1.165, 1.54) is 11.9 Å². The van der Waals surface area contributed by atoms with Crippen molar-refractivity contribution < 1.29 is 27.5 Å². The van der Waals surface area contributed by atoms with Gasteiger partial charge in [0, 0.05) is 25.1 Å². The number of likely N-dealkylation sites (N-methyl/N-ethyl adjacent to an activating group) is 1. The van der Waals surface area contributed by atoms with Crippen molar-refractivity contribution in [2.75, 3.05) is 25.2 Å². The lowest BCUT2D eigenvalue weighted by atomic mass is 10.1. The average molecular weight is 459 g/mol. The van der Waals surface area contributed by atoms with Crippen LogP contribution in [0.4, 0.5) is 0 Å². The maximum atomic E-state index is 12.8. The number of carbonyl (C=O) groups is 3. The number of carbonyl (C=O) groups excluding carboxylic acids is 3. The predicted octanol–water partition coefficient (Wildman–Crippen LogP) is 1.22. The van der Waals surface area contributed by atoms with Crippen LogP contribution in [0.3, 0.4) is 0 Å². The number of hydrogen-bond acceptors (Lipinski definition) is 6. The quantitative estimate of drug-likeness (QED) is 0.596. The maximum Gasteiger partial charge on any atom is 0.329 e. The van der Waals surface area contributed by atoms with Crippen LogP contribution in [0.15, 0.2) is 60.7 Å². The summed E-state index contributed by atoms with van der Waals surface area (Å²) in [5.74, 6) is -1.71. The van der Waals surface area contributed by atoms with Crippen molar-refractivity contribution in [3.63, 3.8) is 0 Å². The Kier molecular flexibility index (Phi) is 7.63. The van der Waals surface area contributed by atoms with Crippen molar-refractivity contribution in [3.8, 4) is 0 Å². The Morgan fingerprint density at radius 3 is 2.28 bits per heavy atom. The van der Waals surface area contributed by atoms with Gasteiger partial charge in [-0.2, -0.15) is 0 Å². The Labute approximate surface area is 187 Å². The summed E-state index contributed by atoms with van der Waals surface area (Å²) >= 11 is 0. The number of ether oxygens (including phenoxy) is 1. The molecular weight excluding hydrogens is 432 g/mol. The molecule has 9 heteroatoms. The Hall–Kier alpha value is -3.20. The van der Waals surface area contributed by atoms with Gasteiger partial charge in [0.2, 0.25) is 0 Å². The van der Waals surface area contributed by atoms with Gasteiger partial charge in [0.05, 0.1) is 11.5 Å². The molecule has 3 rings (SSSR count). The summed E-state index contributed by atoms with van der Waals surface area (Å²) in [4.78, 5) is 39.1. The molecule has 0 radical (unpaired) electrons. The van der Waals surface area contributed by atoms with E-state index in [4.69, 9.17) is 4.74 Å². The Morgan fingerprint density at radius 2 is 1.69 bits per heavy atom.